The molecule has 1 amide bonds. The number of carbonyl (C=O) groups excluding carboxylic acids is 1. The fourth-order valence-corrected chi connectivity index (χ4v) is 1.86. The second-order valence-corrected chi connectivity index (χ2v) is 4.60. The standard InChI is InChI=1S/C13H9Cl2FN2O/c14-9-3-1-2-8(12(9)17)13(19)18-7-4-5-11(16)10(15)6-7/h1-6H,17H2,(H,18,19). The Kier molecular flexibility index (Phi) is 3.93. The van der Waals surface area contributed by atoms with Crippen molar-refractivity contribution in [2.24, 2.45) is 0 Å². The van der Waals surface area contributed by atoms with Gasteiger partial charge in [0, 0.05) is 5.69 Å². The zero-order valence-electron chi connectivity index (χ0n) is 9.58. The molecule has 0 heterocycles. The molecule has 3 N–H and O–H groups in total. The molecule has 0 saturated carbocycles. The van der Waals surface area contributed by atoms with Crippen molar-refractivity contribution in [1.29, 1.82) is 0 Å². The van der Waals surface area contributed by atoms with Gasteiger partial charge in [-0.3, -0.25) is 4.79 Å². The summed E-state index contributed by atoms with van der Waals surface area (Å²) in [5.41, 5.74) is 6.52. The van der Waals surface area contributed by atoms with Crippen molar-refractivity contribution in [1.82, 2.24) is 0 Å². The van der Waals surface area contributed by atoms with Crippen molar-refractivity contribution in [2.45, 2.75) is 0 Å². The third-order valence-electron chi connectivity index (χ3n) is 2.48. The summed E-state index contributed by atoms with van der Waals surface area (Å²) in [5, 5.41) is 2.79. The Morgan fingerprint density at radius 2 is 1.89 bits per heavy atom. The Balaban J connectivity index is 2.26. The Labute approximate surface area is 119 Å². The molecule has 6 heteroatoms. The predicted molar refractivity (Wildman–Crippen MR) is 75.2 cm³/mol. The van der Waals surface area contributed by atoms with Crippen LogP contribution in [0.4, 0.5) is 15.8 Å². The molecule has 3 nitrogen and oxygen atoms in total. The summed E-state index contributed by atoms with van der Waals surface area (Å²) in [7, 11) is 0. The lowest BCUT2D eigenvalue weighted by atomic mass is 10.1. The Morgan fingerprint density at radius 3 is 2.58 bits per heavy atom. The number of nitrogens with two attached hydrogens (primary N) is 1. The molecule has 0 bridgehead atoms. The zero-order chi connectivity index (χ0) is 14.0. The second kappa shape index (κ2) is 5.47. The summed E-state index contributed by atoms with van der Waals surface area (Å²) in [5.74, 6) is -0.996. The highest BCUT2D eigenvalue weighted by atomic mass is 35.5. The third kappa shape index (κ3) is 2.97. The molecule has 0 aliphatic heterocycles. The molecular formula is C13H9Cl2FN2O. The molecule has 0 aromatic heterocycles. The van der Waals surface area contributed by atoms with Crippen LogP contribution in [0.25, 0.3) is 0 Å². The molecule has 19 heavy (non-hydrogen) atoms. The number of hydrogen-bond donors (Lipinski definition) is 2. The number of hydrogen-bond acceptors (Lipinski definition) is 2. The molecule has 0 unspecified atom stereocenters. The van der Waals surface area contributed by atoms with E-state index in [2.05, 4.69) is 5.32 Å². The maximum Gasteiger partial charge on any atom is 0.257 e. The Morgan fingerprint density at radius 1 is 1.16 bits per heavy atom. The maximum atomic E-state index is 13.0. The first kappa shape index (κ1) is 13.6. The van der Waals surface area contributed by atoms with E-state index >= 15 is 0 Å². The average Bonchev–Trinajstić information content (AvgIpc) is 2.37. The lowest BCUT2D eigenvalue weighted by Gasteiger charge is -2.09. The zero-order valence-corrected chi connectivity index (χ0v) is 11.1. The van der Waals surface area contributed by atoms with Crippen LogP contribution in [0.15, 0.2) is 36.4 Å². The number of nitrogen functional groups attached to an aromatic ring is 1. The van der Waals surface area contributed by atoms with Crippen LogP contribution < -0.4 is 11.1 Å². The van der Waals surface area contributed by atoms with Crippen LogP contribution in [0.2, 0.25) is 10.0 Å². The lowest BCUT2D eigenvalue weighted by Crippen LogP contribution is -2.14. The highest BCUT2D eigenvalue weighted by Gasteiger charge is 2.12. The second-order valence-electron chi connectivity index (χ2n) is 3.78. The Hall–Kier alpha value is -1.78. The molecule has 2 aromatic carbocycles. The van der Waals surface area contributed by atoms with Crippen LogP contribution in [0, 0.1) is 5.82 Å². The van der Waals surface area contributed by atoms with Gasteiger partial charge in [0.05, 0.1) is 21.3 Å². The van der Waals surface area contributed by atoms with Crippen molar-refractivity contribution in [3.63, 3.8) is 0 Å². The number of para-hydroxylation sites is 1. The molecular weight excluding hydrogens is 290 g/mol. The summed E-state index contributed by atoms with van der Waals surface area (Å²) >= 11 is 11.5. The summed E-state index contributed by atoms with van der Waals surface area (Å²) in [6.07, 6.45) is 0. The third-order valence-corrected chi connectivity index (χ3v) is 3.09. The number of carbonyl (C=O) groups is 1. The molecule has 0 aliphatic carbocycles. The highest BCUT2D eigenvalue weighted by molar-refractivity contribution is 6.34. The number of amides is 1. The van der Waals surface area contributed by atoms with E-state index in [0.29, 0.717) is 10.7 Å². The quantitative estimate of drug-likeness (QED) is 0.824. The lowest BCUT2D eigenvalue weighted by molar-refractivity contribution is 0.102. The Bertz CT molecular complexity index is 647. The van der Waals surface area contributed by atoms with Crippen LogP contribution in [-0.2, 0) is 0 Å². The first-order valence-corrected chi connectivity index (χ1v) is 6.05. The van der Waals surface area contributed by atoms with Gasteiger partial charge in [-0.05, 0) is 30.3 Å². The summed E-state index contributed by atoms with van der Waals surface area (Å²) in [4.78, 5) is 12.0. The maximum absolute atomic E-state index is 13.0. The smallest absolute Gasteiger partial charge is 0.257 e. The van der Waals surface area contributed by atoms with Crippen molar-refractivity contribution < 1.29 is 9.18 Å². The molecule has 0 spiro atoms. The highest BCUT2D eigenvalue weighted by Crippen LogP contribution is 2.24. The molecule has 98 valence electrons. The van der Waals surface area contributed by atoms with E-state index in [1.807, 2.05) is 0 Å². The predicted octanol–water partition coefficient (Wildman–Crippen LogP) is 3.97. The van der Waals surface area contributed by atoms with Crippen LogP contribution in [0.1, 0.15) is 10.4 Å². The van der Waals surface area contributed by atoms with Crippen LogP contribution >= 0.6 is 23.2 Å². The van der Waals surface area contributed by atoms with E-state index in [1.54, 1.807) is 18.2 Å². The summed E-state index contributed by atoms with van der Waals surface area (Å²) in [6.45, 7) is 0. The van der Waals surface area contributed by atoms with Gasteiger partial charge in [-0.2, -0.15) is 0 Å². The van der Waals surface area contributed by atoms with Crippen molar-refractivity contribution >= 4 is 40.5 Å². The van der Waals surface area contributed by atoms with Crippen molar-refractivity contribution in [3.05, 3.63) is 57.8 Å². The van der Waals surface area contributed by atoms with Crippen LogP contribution in [0.3, 0.4) is 0 Å². The molecule has 0 fully saturated rings. The fourth-order valence-electron chi connectivity index (χ4n) is 1.51. The number of nitrogens with one attached hydrogen (secondary N) is 1. The molecule has 2 rings (SSSR count). The molecule has 0 atom stereocenters. The first-order valence-electron chi connectivity index (χ1n) is 5.29. The number of halogens is 3. The number of rotatable bonds is 2. The van der Waals surface area contributed by atoms with E-state index in [9.17, 15) is 9.18 Å². The van der Waals surface area contributed by atoms with Gasteiger partial charge in [-0.15, -0.1) is 0 Å². The van der Waals surface area contributed by atoms with Gasteiger partial charge in [-0.1, -0.05) is 29.3 Å². The van der Waals surface area contributed by atoms with E-state index in [1.165, 1.54) is 18.2 Å². The summed E-state index contributed by atoms with van der Waals surface area (Å²) < 4.78 is 13.0. The van der Waals surface area contributed by atoms with E-state index in [0.717, 1.165) is 0 Å². The van der Waals surface area contributed by atoms with Gasteiger partial charge < -0.3 is 11.1 Å². The largest absolute Gasteiger partial charge is 0.397 e. The minimum atomic E-state index is -0.554. The normalized spacial score (nSPS) is 10.3. The fraction of sp³-hybridized carbons (Fsp3) is 0. The molecule has 0 saturated heterocycles. The molecule has 0 aliphatic rings. The SMILES string of the molecule is Nc1c(Cl)cccc1C(=O)Nc1ccc(F)c(Cl)c1. The van der Waals surface area contributed by atoms with Crippen molar-refractivity contribution in [3.8, 4) is 0 Å². The first-order chi connectivity index (χ1) is 8.99. The van der Waals surface area contributed by atoms with E-state index < -0.39 is 11.7 Å². The van der Waals surface area contributed by atoms with E-state index in [4.69, 9.17) is 28.9 Å². The minimum Gasteiger partial charge on any atom is -0.397 e. The van der Waals surface area contributed by atoms with Gasteiger partial charge in [-0.25, -0.2) is 4.39 Å². The molecule has 0 radical (unpaired) electrons. The summed E-state index contributed by atoms with van der Waals surface area (Å²) in [6, 6.07) is 8.63. The van der Waals surface area contributed by atoms with E-state index in [-0.39, 0.29) is 16.3 Å². The van der Waals surface area contributed by atoms with Gasteiger partial charge in [0.15, 0.2) is 0 Å². The van der Waals surface area contributed by atoms with Crippen LogP contribution in [-0.4, -0.2) is 5.91 Å². The minimum absolute atomic E-state index is 0.0723. The topological polar surface area (TPSA) is 55.1 Å². The van der Waals surface area contributed by atoms with Gasteiger partial charge in [0.2, 0.25) is 0 Å². The average molecular weight is 299 g/mol. The number of benzene rings is 2. The van der Waals surface area contributed by atoms with Gasteiger partial charge >= 0.3 is 0 Å². The van der Waals surface area contributed by atoms with Crippen molar-refractivity contribution in [2.75, 3.05) is 11.1 Å². The monoisotopic (exact) mass is 298 g/mol. The molecule has 2 aromatic rings. The van der Waals surface area contributed by atoms with Gasteiger partial charge in [0.25, 0.3) is 5.91 Å². The number of anilines is 2. The van der Waals surface area contributed by atoms with Gasteiger partial charge in [0.1, 0.15) is 5.82 Å². The van der Waals surface area contributed by atoms with Crippen LogP contribution in [0.5, 0.6) is 0 Å².